The summed E-state index contributed by atoms with van der Waals surface area (Å²) in [6.07, 6.45) is 25.4. The van der Waals surface area contributed by atoms with Crippen molar-refractivity contribution >= 4 is 0 Å². The van der Waals surface area contributed by atoms with E-state index in [9.17, 15) is 0 Å². The second-order valence-electron chi connectivity index (χ2n) is 9.65. The summed E-state index contributed by atoms with van der Waals surface area (Å²) < 4.78 is 0. The Kier molecular flexibility index (Phi) is 19.0. The second kappa shape index (κ2) is 20.4. The highest BCUT2D eigenvalue weighted by Crippen LogP contribution is 2.14. The number of hydrogen-bond donors (Lipinski definition) is 0. The third kappa shape index (κ3) is 21.4. The predicted octanol–water partition coefficient (Wildman–Crippen LogP) is 10.9. The molecule has 0 heterocycles. The van der Waals surface area contributed by atoms with E-state index in [0.717, 1.165) is 56.9 Å². The van der Waals surface area contributed by atoms with Gasteiger partial charge in [-0.1, -0.05) is 75.0 Å². The summed E-state index contributed by atoms with van der Waals surface area (Å²) in [5.74, 6) is 0. The fourth-order valence-electron chi connectivity index (χ4n) is 3.50. The Morgan fingerprint density at radius 1 is 0.515 bits per heavy atom. The van der Waals surface area contributed by atoms with Crippen molar-refractivity contribution in [2.75, 3.05) is 6.54 Å². The maximum Gasteiger partial charge on any atom is 0.0467 e. The van der Waals surface area contributed by atoms with Crippen LogP contribution in [-0.2, 0) is 0 Å². The van der Waals surface area contributed by atoms with Gasteiger partial charge in [-0.3, -0.25) is 0 Å². The zero-order valence-electron chi connectivity index (χ0n) is 22.6. The molecule has 0 saturated heterocycles. The van der Waals surface area contributed by atoms with Gasteiger partial charge in [-0.15, -0.1) is 0 Å². The molecule has 0 amide bonds. The van der Waals surface area contributed by atoms with Gasteiger partial charge in [-0.25, -0.2) is 0 Å². The molecule has 0 aliphatic heterocycles. The first kappa shape index (κ1) is 30.8. The van der Waals surface area contributed by atoms with Gasteiger partial charge in [0.25, 0.3) is 0 Å². The highest BCUT2D eigenvalue weighted by atomic mass is 15.1. The summed E-state index contributed by atoms with van der Waals surface area (Å²) in [5, 5.41) is 3.60. The van der Waals surface area contributed by atoms with Crippen LogP contribution in [0.2, 0.25) is 0 Å². The first-order chi connectivity index (χ1) is 15.7. The Balaban J connectivity index is 4.11. The van der Waals surface area contributed by atoms with Gasteiger partial charge < -0.3 is 0 Å². The minimum atomic E-state index is 0.478. The van der Waals surface area contributed by atoms with Crippen molar-refractivity contribution in [2.24, 2.45) is 5.11 Å². The topological polar surface area (TPSA) is 48.8 Å². The molecule has 3 nitrogen and oxygen atoms in total. The summed E-state index contributed by atoms with van der Waals surface area (Å²) in [4.78, 5) is 2.80. The normalized spacial score (nSPS) is 13.7. The first-order valence-corrected chi connectivity index (χ1v) is 12.7. The third-order valence-electron chi connectivity index (χ3n) is 5.72. The van der Waals surface area contributed by atoms with E-state index in [1.54, 1.807) is 0 Å². The smallest absolute Gasteiger partial charge is 0.0467 e. The fourth-order valence-corrected chi connectivity index (χ4v) is 3.50. The van der Waals surface area contributed by atoms with E-state index in [2.05, 4.69) is 88.0 Å². The van der Waals surface area contributed by atoms with Crippen LogP contribution in [-0.4, -0.2) is 6.54 Å². The van der Waals surface area contributed by atoms with Gasteiger partial charge in [0.15, 0.2) is 0 Å². The average molecular weight is 452 g/mol. The molecule has 0 spiro atoms. The van der Waals surface area contributed by atoms with E-state index in [4.69, 9.17) is 5.53 Å². The van der Waals surface area contributed by atoms with E-state index >= 15 is 0 Å². The van der Waals surface area contributed by atoms with Crippen LogP contribution in [0.15, 0.2) is 75.0 Å². The Labute approximate surface area is 204 Å². The number of rotatable bonds is 17. The molecule has 0 aromatic carbocycles. The second-order valence-corrected chi connectivity index (χ2v) is 9.65. The zero-order chi connectivity index (χ0) is 24.9. The van der Waals surface area contributed by atoms with Gasteiger partial charge in [0.05, 0.1) is 0 Å². The maximum absolute atomic E-state index is 8.36. The molecular weight excluding hydrogens is 402 g/mol. The summed E-state index contributed by atoms with van der Waals surface area (Å²) in [6, 6.07) is 0. The molecule has 0 radical (unpaired) electrons. The van der Waals surface area contributed by atoms with Crippen molar-refractivity contribution < 1.29 is 0 Å². The van der Waals surface area contributed by atoms with E-state index in [0.29, 0.717) is 6.54 Å². The number of allylic oxidation sites excluding steroid dienone is 11. The highest BCUT2D eigenvalue weighted by molar-refractivity contribution is 5.08. The lowest BCUT2D eigenvalue weighted by molar-refractivity contribution is 0.895. The van der Waals surface area contributed by atoms with Crippen molar-refractivity contribution in [3.63, 3.8) is 0 Å². The molecule has 0 bridgehead atoms. The molecule has 0 atom stereocenters. The molecule has 33 heavy (non-hydrogen) atoms. The quantitative estimate of drug-likeness (QED) is 0.0694. The lowest BCUT2D eigenvalue weighted by Gasteiger charge is -2.03. The van der Waals surface area contributed by atoms with Gasteiger partial charge in [0.1, 0.15) is 0 Å². The average Bonchev–Trinajstić information content (AvgIpc) is 2.75. The van der Waals surface area contributed by atoms with E-state index in [1.807, 2.05) is 6.92 Å². The molecule has 0 aliphatic carbocycles. The lowest BCUT2D eigenvalue weighted by Crippen LogP contribution is -1.84. The third-order valence-corrected chi connectivity index (χ3v) is 5.72. The standard InChI is InChI=1S/C30H49N3/c1-25(2)14-10-17-28(5)20-11-18-26(3)15-8-9-16-27(4)19-12-21-29(6)22-13-23-30(7)24-32-33-31/h14-16,20-21,23H,8-13,17-19,22,24H2,1-7H3/b26-15+,27-16+,28-20+,29-21+,30-23?. The van der Waals surface area contributed by atoms with Crippen molar-refractivity contribution in [2.45, 2.75) is 113 Å². The van der Waals surface area contributed by atoms with Crippen LogP contribution in [0.1, 0.15) is 113 Å². The molecule has 184 valence electrons. The summed E-state index contributed by atoms with van der Waals surface area (Å²) in [5.41, 5.74) is 16.9. The van der Waals surface area contributed by atoms with Gasteiger partial charge in [-0.2, -0.15) is 0 Å². The van der Waals surface area contributed by atoms with Gasteiger partial charge in [-0.05, 0) is 118 Å². The monoisotopic (exact) mass is 451 g/mol. The van der Waals surface area contributed by atoms with Crippen molar-refractivity contribution in [3.8, 4) is 0 Å². The Morgan fingerprint density at radius 2 is 0.848 bits per heavy atom. The molecule has 0 unspecified atom stereocenters. The zero-order valence-corrected chi connectivity index (χ0v) is 22.6. The molecule has 3 heteroatoms. The maximum atomic E-state index is 8.36. The van der Waals surface area contributed by atoms with Crippen molar-refractivity contribution in [3.05, 3.63) is 80.3 Å². The summed E-state index contributed by atoms with van der Waals surface area (Å²) >= 11 is 0. The molecule has 0 aliphatic rings. The SMILES string of the molecule is CC(C)=CCC/C(C)=C/CC/C(C)=C/CC/C=C(\C)CC/C=C(\C)CCC=C(C)CN=[N+]=[N-]. The molecule has 0 rings (SSSR count). The van der Waals surface area contributed by atoms with Crippen LogP contribution in [0, 0.1) is 0 Å². The molecule has 0 aromatic heterocycles. The molecular formula is C30H49N3. The van der Waals surface area contributed by atoms with Crippen molar-refractivity contribution in [1.82, 2.24) is 0 Å². The molecule has 0 N–H and O–H groups in total. The minimum absolute atomic E-state index is 0.478. The van der Waals surface area contributed by atoms with Crippen LogP contribution < -0.4 is 0 Å². The predicted molar refractivity (Wildman–Crippen MR) is 148 cm³/mol. The fraction of sp³-hybridized carbons (Fsp3) is 0.600. The Morgan fingerprint density at radius 3 is 1.21 bits per heavy atom. The van der Waals surface area contributed by atoms with Gasteiger partial charge >= 0.3 is 0 Å². The van der Waals surface area contributed by atoms with Gasteiger partial charge in [0, 0.05) is 11.5 Å². The van der Waals surface area contributed by atoms with Crippen LogP contribution in [0.3, 0.4) is 0 Å². The first-order valence-electron chi connectivity index (χ1n) is 12.7. The van der Waals surface area contributed by atoms with Crippen molar-refractivity contribution in [1.29, 1.82) is 0 Å². The molecule has 0 fully saturated rings. The highest BCUT2D eigenvalue weighted by Gasteiger charge is 1.94. The van der Waals surface area contributed by atoms with Gasteiger partial charge in [0.2, 0.25) is 0 Å². The molecule has 0 aromatic rings. The van der Waals surface area contributed by atoms with Crippen LogP contribution >= 0.6 is 0 Å². The number of nitrogens with zero attached hydrogens (tertiary/aromatic N) is 3. The largest absolute Gasteiger partial charge is 0.0896 e. The summed E-state index contributed by atoms with van der Waals surface area (Å²) in [6.45, 7) is 15.8. The lowest BCUT2D eigenvalue weighted by atomic mass is 10.0. The number of hydrogen-bond acceptors (Lipinski definition) is 1. The Hall–Kier alpha value is -2.25. The van der Waals surface area contributed by atoms with E-state index in [-0.39, 0.29) is 0 Å². The van der Waals surface area contributed by atoms with E-state index < -0.39 is 0 Å². The minimum Gasteiger partial charge on any atom is -0.0896 e. The molecule has 0 saturated carbocycles. The van der Waals surface area contributed by atoms with Crippen LogP contribution in [0.5, 0.6) is 0 Å². The number of unbranched alkanes of at least 4 members (excludes halogenated alkanes) is 1. The summed E-state index contributed by atoms with van der Waals surface area (Å²) in [7, 11) is 0. The Bertz CT molecular complexity index is 777. The van der Waals surface area contributed by atoms with Crippen LogP contribution in [0.25, 0.3) is 10.4 Å². The van der Waals surface area contributed by atoms with Crippen LogP contribution in [0.4, 0.5) is 0 Å². The van der Waals surface area contributed by atoms with E-state index in [1.165, 1.54) is 40.7 Å². The number of azide groups is 1.